The van der Waals surface area contributed by atoms with E-state index in [-0.39, 0.29) is 29.3 Å². The van der Waals surface area contributed by atoms with Gasteiger partial charge in [0.25, 0.3) is 0 Å². The fraction of sp³-hybridized carbons (Fsp3) is 0.455. The van der Waals surface area contributed by atoms with Crippen molar-refractivity contribution in [1.82, 2.24) is 4.90 Å². The number of carbonyl (C=O) groups is 2. The Balaban J connectivity index is 1.84. The Morgan fingerprint density at radius 2 is 2.11 bits per heavy atom. The molecule has 28 heavy (non-hydrogen) atoms. The van der Waals surface area contributed by atoms with Gasteiger partial charge in [-0.3, -0.25) is 9.69 Å². The van der Waals surface area contributed by atoms with Crippen molar-refractivity contribution in [3.8, 4) is 0 Å². The Hall–Kier alpha value is -2.60. The van der Waals surface area contributed by atoms with Crippen LogP contribution in [0.2, 0.25) is 0 Å². The number of benzene rings is 1. The van der Waals surface area contributed by atoms with Crippen LogP contribution in [0.5, 0.6) is 0 Å². The molecule has 1 N–H and O–H groups in total. The van der Waals surface area contributed by atoms with Gasteiger partial charge in [0.05, 0.1) is 30.1 Å². The van der Waals surface area contributed by atoms with Crippen molar-refractivity contribution in [2.45, 2.75) is 37.8 Å². The van der Waals surface area contributed by atoms with E-state index in [1.165, 1.54) is 19.6 Å². The lowest BCUT2D eigenvalue weighted by Gasteiger charge is -2.52. The summed E-state index contributed by atoms with van der Waals surface area (Å²) in [5.41, 5.74) is 4.46. The van der Waals surface area contributed by atoms with Crippen LogP contribution in [0.3, 0.4) is 0 Å². The Morgan fingerprint density at radius 1 is 1.32 bits per heavy atom. The zero-order chi connectivity index (χ0) is 19.6. The van der Waals surface area contributed by atoms with Crippen LogP contribution in [-0.4, -0.2) is 49.2 Å². The number of anilines is 1. The first-order chi connectivity index (χ1) is 13.5. The molecule has 0 amide bonds. The van der Waals surface area contributed by atoms with Crippen molar-refractivity contribution in [1.29, 1.82) is 0 Å². The van der Waals surface area contributed by atoms with Gasteiger partial charge in [-0.2, -0.15) is 0 Å². The standard InChI is InChI=1S/C22H24N2O4/c1-4-13-11-24-10-9-22-14-7-5-6-8-15(14)23-19(22)17(21(26)27-3)16(13)18(20(22)24)28-12(2)25/h4-8,16,18,20,23H,9-11H2,1-3H3/b13-4+. The van der Waals surface area contributed by atoms with Gasteiger partial charge in [-0.25, -0.2) is 4.79 Å². The number of esters is 2. The number of piperidine rings is 1. The largest absolute Gasteiger partial charge is 0.466 e. The molecule has 0 saturated carbocycles. The first-order valence-electron chi connectivity index (χ1n) is 9.78. The van der Waals surface area contributed by atoms with E-state index < -0.39 is 6.10 Å². The van der Waals surface area contributed by atoms with Crippen LogP contribution in [0.4, 0.5) is 5.69 Å². The molecule has 1 spiro atoms. The van der Waals surface area contributed by atoms with Gasteiger partial charge in [0.15, 0.2) is 0 Å². The number of rotatable bonds is 2. The minimum absolute atomic E-state index is 0.00431. The van der Waals surface area contributed by atoms with Gasteiger partial charge in [-0.15, -0.1) is 0 Å². The average molecular weight is 380 g/mol. The lowest BCUT2D eigenvalue weighted by Crippen LogP contribution is -2.63. The summed E-state index contributed by atoms with van der Waals surface area (Å²) in [6.45, 7) is 5.09. The van der Waals surface area contributed by atoms with Gasteiger partial charge in [0.1, 0.15) is 6.10 Å². The Morgan fingerprint density at radius 3 is 2.82 bits per heavy atom. The van der Waals surface area contributed by atoms with Crippen molar-refractivity contribution in [2.75, 3.05) is 25.5 Å². The number of para-hydroxylation sites is 1. The van der Waals surface area contributed by atoms with Gasteiger partial charge in [0.2, 0.25) is 0 Å². The average Bonchev–Trinajstić information content (AvgIpc) is 3.24. The van der Waals surface area contributed by atoms with Crippen molar-refractivity contribution in [3.63, 3.8) is 0 Å². The van der Waals surface area contributed by atoms with Crippen molar-refractivity contribution in [2.24, 2.45) is 5.92 Å². The van der Waals surface area contributed by atoms with Gasteiger partial charge < -0.3 is 14.8 Å². The van der Waals surface area contributed by atoms with E-state index >= 15 is 0 Å². The van der Waals surface area contributed by atoms with E-state index in [0.29, 0.717) is 5.57 Å². The maximum absolute atomic E-state index is 13.0. The molecular weight excluding hydrogens is 356 g/mol. The fourth-order valence-electron chi connectivity index (χ4n) is 5.99. The highest BCUT2D eigenvalue weighted by Crippen LogP contribution is 2.61. The molecule has 146 valence electrons. The molecule has 1 aliphatic carbocycles. The molecule has 4 aliphatic rings. The quantitative estimate of drug-likeness (QED) is 0.628. The van der Waals surface area contributed by atoms with Crippen LogP contribution < -0.4 is 5.32 Å². The van der Waals surface area contributed by atoms with E-state index in [0.717, 1.165) is 36.5 Å². The number of fused-ring (bicyclic) bond motifs is 2. The Labute approximate surface area is 164 Å². The second-order valence-electron chi connectivity index (χ2n) is 8.00. The smallest absolute Gasteiger partial charge is 0.336 e. The molecule has 1 aromatic carbocycles. The molecule has 2 bridgehead atoms. The van der Waals surface area contributed by atoms with Crippen LogP contribution in [-0.2, 0) is 24.5 Å². The van der Waals surface area contributed by atoms with Gasteiger partial charge >= 0.3 is 11.9 Å². The molecule has 3 aliphatic heterocycles. The predicted octanol–water partition coefficient (Wildman–Crippen LogP) is 2.37. The molecule has 5 rings (SSSR count). The lowest BCUT2D eigenvalue weighted by molar-refractivity contribution is -0.156. The number of hydrogen-bond acceptors (Lipinski definition) is 6. The van der Waals surface area contributed by atoms with E-state index in [1.807, 2.05) is 31.2 Å². The van der Waals surface area contributed by atoms with E-state index in [4.69, 9.17) is 9.47 Å². The second-order valence-corrected chi connectivity index (χ2v) is 8.00. The zero-order valence-corrected chi connectivity index (χ0v) is 16.3. The summed E-state index contributed by atoms with van der Waals surface area (Å²) in [7, 11) is 1.41. The summed E-state index contributed by atoms with van der Waals surface area (Å²) >= 11 is 0. The Bertz CT molecular complexity index is 950. The maximum atomic E-state index is 13.0. The number of allylic oxidation sites excluding steroid dienone is 1. The highest BCUT2D eigenvalue weighted by Gasteiger charge is 2.67. The molecule has 4 atom stereocenters. The summed E-state index contributed by atoms with van der Waals surface area (Å²) in [5, 5.41) is 3.55. The van der Waals surface area contributed by atoms with Crippen LogP contribution in [0.1, 0.15) is 25.8 Å². The second kappa shape index (κ2) is 5.95. The predicted molar refractivity (Wildman–Crippen MR) is 104 cm³/mol. The van der Waals surface area contributed by atoms with Crippen LogP contribution in [0, 0.1) is 5.92 Å². The summed E-state index contributed by atoms with van der Waals surface area (Å²) in [4.78, 5) is 27.5. The topological polar surface area (TPSA) is 67.9 Å². The molecule has 0 aromatic heterocycles. The van der Waals surface area contributed by atoms with E-state index in [1.54, 1.807) is 0 Å². The highest BCUT2D eigenvalue weighted by molar-refractivity contribution is 5.94. The van der Waals surface area contributed by atoms with E-state index in [9.17, 15) is 9.59 Å². The van der Waals surface area contributed by atoms with Gasteiger partial charge in [-0.1, -0.05) is 24.3 Å². The molecule has 6 nitrogen and oxygen atoms in total. The Kier molecular flexibility index (Phi) is 3.72. The third-order valence-corrected chi connectivity index (χ3v) is 6.89. The molecule has 3 heterocycles. The summed E-state index contributed by atoms with van der Waals surface area (Å²) in [6.07, 6.45) is 2.51. The van der Waals surface area contributed by atoms with Crippen LogP contribution in [0.15, 0.2) is 47.2 Å². The van der Waals surface area contributed by atoms with Crippen molar-refractivity contribution >= 4 is 17.6 Å². The van der Waals surface area contributed by atoms with Gasteiger partial charge in [-0.05, 0) is 30.5 Å². The molecule has 6 heteroatoms. The zero-order valence-electron chi connectivity index (χ0n) is 16.3. The van der Waals surface area contributed by atoms with Crippen molar-refractivity contribution < 1.29 is 19.1 Å². The number of ether oxygens (including phenoxy) is 2. The first-order valence-corrected chi connectivity index (χ1v) is 9.78. The molecule has 0 radical (unpaired) electrons. The molecule has 2 fully saturated rings. The minimum atomic E-state index is -0.411. The van der Waals surface area contributed by atoms with Crippen LogP contribution in [0.25, 0.3) is 0 Å². The molecular formula is C22H24N2O4. The monoisotopic (exact) mass is 380 g/mol. The maximum Gasteiger partial charge on any atom is 0.336 e. The fourth-order valence-corrected chi connectivity index (χ4v) is 5.99. The lowest BCUT2D eigenvalue weighted by atomic mass is 9.60. The van der Waals surface area contributed by atoms with Crippen molar-refractivity contribution in [3.05, 3.63) is 52.7 Å². The number of hydrogen-bond donors (Lipinski definition) is 1. The third-order valence-electron chi connectivity index (χ3n) is 6.89. The summed E-state index contributed by atoms with van der Waals surface area (Å²) in [5.74, 6) is -0.957. The molecule has 1 aromatic rings. The molecule has 2 saturated heterocycles. The minimum Gasteiger partial charge on any atom is -0.466 e. The highest BCUT2D eigenvalue weighted by atomic mass is 16.5. The SMILES string of the molecule is C/C=C1\CN2CCC34C(=C(C(=O)OC)C1C(OC(C)=O)C23)Nc1ccccc14. The number of nitrogens with one attached hydrogen (secondary N) is 1. The number of carbonyl (C=O) groups excluding carboxylic acids is 2. The van der Waals surface area contributed by atoms with Gasteiger partial charge in [0, 0.05) is 31.4 Å². The van der Waals surface area contributed by atoms with E-state index in [2.05, 4.69) is 16.3 Å². The normalized spacial score (nSPS) is 34.0. The van der Waals surface area contributed by atoms with Crippen LogP contribution >= 0.6 is 0 Å². The number of methoxy groups -OCH3 is 1. The third kappa shape index (κ3) is 2.01. The first kappa shape index (κ1) is 17.5. The summed E-state index contributed by atoms with van der Waals surface area (Å²) in [6, 6.07) is 8.21. The number of nitrogens with zero attached hydrogens (tertiary/aromatic N) is 1. The molecule has 4 unspecified atom stereocenters. The summed E-state index contributed by atoms with van der Waals surface area (Å²) < 4.78 is 11.1.